The van der Waals surface area contributed by atoms with Crippen LogP contribution in [0.15, 0.2) is 54.6 Å². The highest BCUT2D eigenvalue weighted by Crippen LogP contribution is 2.42. The molecule has 2 N–H and O–H groups in total. The van der Waals surface area contributed by atoms with Crippen LogP contribution in [0.25, 0.3) is 0 Å². The van der Waals surface area contributed by atoms with Gasteiger partial charge in [-0.2, -0.15) is 5.10 Å². The van der Waals surface area contributed by atoms with E-state index in [0.29, 0.717) is 12.4 Å². The molecule has 3 amide bonds. The van der Waals surface area contributed by atoms with Gasteiger partial charge >= 0.3 is 6.03 Å². The molecular weight excluding hydrogens is 474 g/mol. The second-order valence-electron chi connectivity index (χ2n) is 9.88. The van der Waals surface area contributed by atoms with Crippen molar-refractivity contribution in [2.75, 3.05) is 26.0 Å². The van der Waals surface area contributed by atoms with Gasteiger partial charge in [0.1, 0.15) is 0 Å². The molecule has 194 valence electrons. The number of carbonyl (C=O) groups is 2. The SMILES string of the molecule is CN(C)CC(NC(=O)N1Cc2c(NC(=O)c3ccc([N+](=O)[O-])cc3)nn(C)c2C1(C)C)c1ccccc1. The van der Waals surface area contributed by atoms with E-state index in [1.165, 1.54) is 24.3 Å². The largest absolute Gasteiger partial charge is 0.330 e. The van der Waals surface area contributed by atoms with Crippen molar-refractivity contribution < 1.29 is 14.5 Å². The normalized spacial score (nSPS) is 14.8. The number of aromatic nitrogens is 2. The number of anilines is 1. The Hall–Kier alpha value is -4.25. The van der Waals surface area contributed by atoms with Crippen LogP contribution in [0.1, 0.15) is 47.1 Å². The van der Waals surface area contributed by atoms with Crippen LogP contribution in [-0.4, -0.2) is 57.1 Å². The topological polar surface area (TPSA) is 126 Å². The zero-order chi connectivity index (χ0) is 26.9. The standard InChI is InChI=1S/C26H31N7O4/c1-26(2)22-20(15-32(26)25(35)27-21(16-30(3)4)17-9-7-6-8-10-17)23(29-31(22)5)28-24(34)18-11-13-19(14-12-18)33(36)37/h6-14,21H,15-16H2,1-5H3,(H,27,35)(H,28,29,34). The first-order valence-electron chi connectivity index (χ1n) is 11.9. The summed E-state index contributed by atoms with van der Waals surface area (Å²) in [7, 11) is 5.70. The van der Waals surface area contributed by atoms with Gasteiger partial charge in [0.15, 0.2) is 5.82 Å². The summed E-state index contributed by atoms with van der Waals surface area (Å²) < 4.78 is 1.68. The van der Waals surface area contributed by atoms with Crippen molar-refractivity contribution in [2.45, 2.75) is 32.0 Å². The van der Waals surface area contributed by atoms with E-state index in [1.807, 2.05) is 63.2 Å². The third-order valence-electron chi connectivity index (χ3n) is 6.58. The Morgan fingerprint density at radius 1 is 1.14 bits per heavy atom. The van der Waals surface area contributed by atoms with Gasteiger partial charge in [0.05, 0.1) is 28.7 Å². The molecule has 3 aromatic rings. The Balaban J connectivity index is 1.55. The van der Waals surface area contributed by atoms with E-state index in [2.05, 4.69) is 15.7 Å². The number of likely N-dealkylation sites (N-methyl/N-ethyl adjacent to an activating group) is 1. The van der Waals surface area contributed by atoms with Crippen molar-refractivity contribution in [3.05, 3.63) is 87.1 Å². The molecule has 2 aromatic carbocycles. The van der Waals surface area contributed by atoms with Crippen molar-refractivity contribution in [3.63, 3.8) is 0 Å². The number of nitro benzene ring substituents is 1. The fourth-order valence-electron chi connectivity index (χ4n) is 4.82. The maximum atomic E-state index is 13.6. The maximum absolute atomic E-state index is 13.6. The minimum Gasteiger partial charge on any atom is -0.330 e. The van der Waals surface area contributed by atoms with E-state index in [1.54, 1.807) is 16.6 Å². The monoisotopic (exact) mass is 505 g/mol. The van der Waals surface area contributed by atoms with E-state index in [0.717, 1.165) is 16.8 Å². The van der Waals surface area contributed by atoms with Crippen LogP contribution in [0.4, 0.5) is 16.3 Å². The molecule has 0 radical (unpaired) electrons. The Kier molecular flexibility index (Phi) is 6.99. The van der Waals surface area contributed by atoms with Crippen LogP contribution in [-0.2, 0) is 19.1 Å². The lowest BCUT2D eigenvalue weighted by atomic mass is 10.0. The highest BCUT2D eigenvalue weighted by Gasteiger charge is 2.45. The highest BCUT2D eigenvalue weighted by molar-refractivity contribution is 6.04. The number of aryl methyl sites for hydroxylation is 1. The van der Waals surface area contributed by atoms with E-state index >= 15 is 0 Å². The molecule has 0 fully saturated rings. The molecule has 1 aliphatic rings. The van der Waals surface area contributed by atoms with E-state index in [-0.39, 0.29) is 29.9 Å². The molecule has 0 aliphatic carbocycles. The van der Waals surface area contributed by atoms with Crippen LogP contribution in [0.5, 0.6) is 0 Å². The number of urea groups is 1. The highest BCUT2D eigenvalue weighted by atomic mass is 16.6. The number of nitro groups is 1. The van der Waals surface area contributed by atoms with Gasteiger partial charge < -0.3 is 20.4 Å². The van der Waals surface area contributed by atoms with Gasteiger partial charge in [-0.3, -0.25) is 19.6 Å². The smallest absolute Gasteiger partial charge is 0.319 e. The second kappa shape index (κ2) is 10.0. The summed E-state index contributed by atoms with van der Waals surface area (Å²) in [5, 5.41) is 21.4. The predicted molar refractivity (Wildman–Crippen MR) is 139 cm³/mol. The van der Waals surface area contributed by atoms with E-state index in [4.69, 9.17) is 0 Å². The summed E-state index contributed by atoms with van der Waals surface area (Å²) in [4.78, 5) is 40.6. The summed E-state index contributed by atoms with van der Waals surface area (Å²) in [6.45, 7) is 4.80. The quantitative estimate of drug-likeness (QED) is 0.373. The first kappa shape index (κ1) is 25.8. The minimum absolute atomic E-state index is 0.0956. The lowest BCUT2D eigenvalue weighted by Gasteiger charge is -2.34. The minimum atomic E-state index is -0.684. The molecule has 0 saturated carbocycles. The molecule has 11 nitrogen and oxygen atoms in total. The number of rotatable bonds is 7. The predicted octanol–water partition coefficient (Wildman–Crippen LogP) is 3.64. The average molecular weight is 506 g/mol. The number of benzene rings is 2. The Labute approximate surface area is 215 Å². The van der Waals surface area contributed by atoms with Gasteiger partial charge in [0.2, 0.25) is 0 Å². The first-order chi connectivity index (χ1) is 17.5. The summed E-state index contributed by atoms with van der Waals surface area (Å²) in [6.07, 6.45) is 0. The zero-order valence-corrected chi connectivity index (χ0v) is 21.6. The van der Waals surface area contributed by atoms with Crippen molar-refractivity contribution in [1.82, 2.24) is 24.9 Å². The molecule has 1 aliphatic heterocycles. The van der Waals surface area contributed by atoms with Gasteiger partial charge in [0, 0.05) is 36.9 Å². The van der Waals surface area contributed by atoms with Gasteiger partial charge in [-0.1, -0.05) is 30.3 Å². The average Bonchev–Trinajstić information content (AvgIpc) is 3.32. The van der Waals surface area contributed by atoms with Crippen LogP contribution in [0.3, 0.4) is 0 Å². The van der Waals surface area contributed by atoms with Crippen LogP contribution in [0.2, 0.25) is 0 Å². The molecule has 0 bridgehead atoms. The molecule has 2 heterocycles. The lowest BCUT2D eigenvalue weighted by Crippen LogP contribution is -2.49. The molecule has 0 saturated heterocycles. The van der Waals surface area contributed by atoms with E-state index < -0.39 is 16.4 Å². The number of nitrogens with one attached hydrogen (secondary N) is 2. The maximum Gasteiger partial charge on any atom is 0.319 e. The van der Waals surface area contributed by atoms with Crippen molar-refractivity contribution in [3.8, 4) is 0 Å². The lowest BCUT2D eigenvalue weighted by molar-refractivity contribution is -0.384. The van der Waals surface area contributed by atoms with E-state index in [9.17, 15) is 19.7 Å². The molecule has 4 rings (SSSR count). The van der Waals surface area contributed by atoms with Crippen LogP contribution < -0.4 is 10.6 Å². The molecule has 0 spiro atoms. The van der Waals surface area contributed by atoms with Gasteiger partial charge in [-0.15, -0.1) is 0 Å². The number of hydrogen-bond acceptors (Lipinski definition) is 6. The van der Waals surface area contributed by atoms with Crippen molar-refractivity contribution in [2.24, 2.45) is 7.05 Å². The Morgan fingerprint density at radius 3 is 2.38 bits per heavy atom. The van der Waals surface area contributed by atoms with Gasteiger partial charge in [0.25, 0.3) is 11.6 Å². The van der Waals surface area contributed by atoms with Gasteiger partial charge in [-0.25, -0.2) is 4.79 Å². The number of fused-ring (bicyclic) bond motifs is 1. The van der Waals surface area contributed by atoms with Crippen LogP contribution >= 0.6 is 0 Å². The number of amides is 3. The number of non-ortho nitro benzene ring substituents is 1. The summed E-state index contributed by atoms with van der Waals surface area (Å²) >= 11 is 0. The summed E-state index contributed by atoms with van der Waals surface area (Å²) in [6, 6.07) is 14.8. The second-order valence-corrected chi connectivity index (χ2v) is 9.88. The molecule has 1 atom stereocenters. The third kappa shape index (κ3) is 5.17. The summed E-state index contributed by atoms with van der Waals surface area (Å²) in [5.41, 5.74) is 2.08. The zero-order valence-electron chi connectivity index (χ0n) is 21.6. The van der Waals surface area contributed by atoms with Crippen molar-refractivity contribution >= 4 is 23.4 Å². The third-order valence-corrected chi connectivity index (χ3v) is 6.58. The van der Waals surface area contributed by atoms with Crippen molar-refractivity contribution in [1.29, 1.82) is 0 Å². The number of nitrogens with zero attached hydrogens (tertiary/aromatic N) is 5. The Bertz CT molecular complexity index is 1320. The fraction of sp³-hybridized carbons (Fsp3) is 0.346. The molecule has 1 unspecified atom stereocenters. The molecule has 37 heavy (non-hydrogen) atoms. The molecule has 1 aromatic heterocycles. The fourth-order valence-corrected chi connectivity index (χ4v) is 4.82. The molecule has 11 heteroatoms. The summed E-state index contributed by atoms with van der Waals surface area (Å²) in [5.74, 6) is -0.0799. The Morgan fingerprint density at radius 2 is 1.78 bits per heavy atom. The van der Waals surface area contributed by atoms with Crippen LogP contribution in [0, 0.1) is 10.1 Å². The first-order valence-corrected chi connectivity index (χ1v) is 11.9. The number of carbonyl (C=O) groups excluding carboxylic acids is 2. The number of hydrogen-bond donors (Lipinski definition) is 2. The molecular formula is C26H31N7O4. The van der Waals surface area contributed by atoms with Gasteiger partial charge in [-0.05, 0) is 45.6 Å².